The lowest BCUT2D eigenvalue weighted by atomic mass is 10.4. The van der Waals surface area contributed by atoms with Crippen molar-refractivity contribution in [3.63, 3.8) is 0 Å². The van der Waals surface area contributed by atoms with Gasteiger partial charge in [0.2, 0.25) is 10.0 Å². The summed E-state index contributed by atoms with van der Waals surface area (Å²) in [4.78, 5) is 3.28. The first-order valence-electron chi connectivity index (χ1n) is 6.47. The zero-order chi connectivity index (χ0) is 13.7. The Morgan fingerprint density at radius 1 is 1.42 bits per heavy atom. The second-order valence-corrected chi connectivity index (χ2v) is 7.97. The van der Waals surface area contributed by atoms with Crippen molar-refractivity contribution in [2.75, 3.05) is 45.5 Å². The summed E-state index contributed by atoms with van der Waals surface area (Å²) in [5.41, 5.74) is 0. The molecule has 108 valence electrons. The molecule has 2 heterocycles. The van der Waals surface area contributed by atoms with Gasteiger partial charge in [-0.15, -0.1) is 11.3 Å². The van der Waals surface area contributed by atoms with Crippen molar-refractivity contribution < 1.29 is 8.42 Å². The second-order valence-electron chi connectivity index (χ2n) is 4.74. The molecule has 2 rings (SSSR count). The molecule has 0 spiro atoms. The van der Waals surface area contributed by atoms with Gasteiger partial charge in [-0.25, -0.2) is 8.42 Å². The summed E-state index contributed by atoms with van der Waals surface area (Å²) >= 11 is 1.59. The minimum atomic E-state index is -3.16. The Morgan fingerprint density at radius 3 is 2.79 bits per heavy atom. The lowest BCUT2D eigenvalue weighted by Gasteiger charge is -2.27. The van der Waals surface area contributed by atoms with Crippen molar-refractivity contribution in [1.29, 1.82) is 0 Å². The van der Waals surface area contributed by atoms with E-state index in [2.05, 4.69) is 10.2 Å². The number of thiophene rings is 1. The van der Waals surface area contributed by atoms with Gasteiger partial charge in [0.15, 0.2) is 0 Å². The number of nitrogens with one attached hydrogen (secondary N) is 1. The molecule has 0 unspecified atom stereocenters. The van der Waals surface area contributed by atoms with Crippen LogP contribution in [0.4, 0.5) is 0 Å². The lowest BCUT2D eigenvalue weighted by Crippen LogP contribution is -2.46. The Bertz CT molecular complexity index is 467. The zero-order valence-electron chi connectivity index (χ0n) is 11.2. The van der Waals surface area contributed by atoms with Gasteiger partial charge in [-0.3, -0.25) is 4.90 Å². The van der Waals surface area contributed by atoms with Gasteiger partial charge in [0.1, 0.15) is 0 Å². The van der Waals surface area contributed by atoms with Crippen molar-refractivity contribution in [1.82, 2.24) is 14.5 Å². The first kappa shape index (κ1) is 14.9. The van der Waals surface area contributed by atoms with Crippen LogP contribution in [0.25, 0.3) is 0 Å². The molecule has 1 aromatic heterocycles. The van der Waals surface area contributed by atoms with E-state index in [1.165, 1.54) is 4.31 Å². The molecule has 0 aromatic carbocycles. The van der Waals surface area contributed by atoms with E-state index in [0.717, 1.165) is 31.1 Å². The minimum absolute atomic E-state index is 0.203. The maximum atomic E-state index is 12.2. The van der Waals surface area contributed by atoms with Crippen LogP contribution in [0, 0.1) is 0 Å². The van der Waals surface area contributed by atoms with Gasteiger partial charge >= 0.3 is 0 Å². The number of sulfonamides is 1. The molecule has 0 amide bonds. The molecular weight excluding hydrogens is 282 g/mol. The average molecular weight is 303 g/mol. The standard InChI is InChI=1S/C12H21N3O2S2/c1-14(11-12-3-2-9-18-12)19(16,17)10-8-15-6-4-13-5-7-15/h2-3,9,13H,4-8,10-11H2,1H3. The van der Waals surface area contributed by atoms with E-state index in [9.17, 15) is 8.42 Å². The van der Waals surface area contributed by atoms with E-state index in [4.69, 9.17) is 0 Å². The quantitative estimate of drug-likeness (QED) is 0.827. The number of hydrogen-bond donors (Lipinski definition) is 1. The average Bonchev–Trinajstić information content (AvgIpc) is 2.90. The third-order valence-electron chi connectivity index (χ3n) is 3.31. The molecule has 1 N–H and O–H groups in total. The summed E-state index contributed by atoms with van der Waals surface area (Å²) in [5.74, 6) is 0.203. The molecule has 19 heavy (non-hydrogen) atoms. The fourth-order valence-corrected chi connectivity index (χ4v) is 4.03. The highest BCUT2D eigenvalue weighted by Crippen LogP contribution is 2.13. The van der Waals surface area contributed by atoms with E-state index in [1.54, 1.807) is 18.4 Å². The number of nitrogens with zero attached hydrogens (tertiary/aromatic N) is 2. The van der Waals surface area contributed by atoms with Crippen LogP contribution in [0.5, 0.6) is 0 Å². The number of piperazine rings is 1. The highest BCUT2D eigenvalue weighted by atomic mass is 32.2. The van der Waals surface area contributed by atoms with Gasteiger partial charge in [0.05, 0.1) is 5.75 Å². The number of rotatable bonds is 6. The molecular formula is C12H21N3O2S2. The fourth-order valence-electron chi connectivity index (χ4n) is 2.06. The van der Waals surface area contributed by atoms with E-state index >= 15 is 0 Å². The summed E-state index contributed by atoms with van der Waals surface area (Å²) < 4.78 is 25.8. The Morgan fingerprint density at radius 2 is 2.16 bits per heavy atom. The first-order valence-corrected chi connectivity index (χ1v) is 8.96. The van der Waals surface area contributed by atoms with Crippen LogP contribution in [-0.4, -0.2) is 63.1 Å². The van der Waals surface area contributed by atoms with Gasteiger partial charge in [0, 0.05) is 51.2 Å². The van der Waals surface area contributed by atoms with Crippen LogP contribution in [0.1, 0.15) is 4.88 Å². The van der Waals surface area contributed by atoms with Crippen molar-refractivity contribution in [3.8, 4) is 0 Å². The summed E-state index contributed by atoms with van der Waals surface area (Å²) in [6.45, 7) is 4.87. The maximum Gasteiger partial charge on any atom is 0.215 e. The van der Waals surface area contributed by atoms with Crippen LogP contribution in [0.15, 0.2) is 17.5 Å². The molecule has 0 saturated carbocycles. The molecule has 5 nitrogen and oxygen atoms in total. The van der Waals surface area contributed by atoms with Crippen LogP contribution in [0.2, 0.25) is 0 Å². The molecule has 0 radical (unpaired) electrons. The monoisotopic (exact) mass is 303 g/mol. The summed E-state index contributed by atoms with van der Waals surface area (Å²) in [6.07, 6.45) is 0. The summed E-state index contributed by atoms with van der Waals surface area (Å²) in [6, 6.07) is 3.91. The van der Waals surface area contributed by atoms with Gasteiger partial charge in [-0.1, -0.05) is 6.07 Å². The van der Waals surface area contributed by atoms with Gasteiger partial charge in [0.25, 0.3) is 0 Å². The molecule has 1 aliphatic rings. The van der Waals surface area contributed by atoms with Crippen LogP contribution >= 0.6 is 11.3 Å². The molecule has 1 saturated heterocycles. The van der Waals surface area contributed by atoms with Crippen molar-refractivity contribution in [3.05, 3.63) is 22.4 Å². The van der Waals surface area contributed by atoms with Crippen molar-refractivity contribution in [2.24, 2.45) is 0 Å². The van der Waals surface area contributed by atoms with E-state index in [0.29, 0.717) is 13.1 Å². The van der Waals surface area contributed by atoms with Crippen LogP contribution < -0.4 is 5.32 Å². The van der Waals surface area contributed by atoms with E-state index in [-0.39, 0.29) is 5.75 Å². The van der Waals surface area contributed by atoms with Crippen molar-refractivity contribution >= 4 is 21.4 Å². The van der Waals surface area contributed by atoms with Crippen LogP contribution in [0.3, 0.4) is 0 Å². The van der Waals surface area contributed by atoms with Crippen molar-refractivity contribution in [2.45, 2.75) is 6.54 Å². The van der Waals surface area contributed by atoms with Gasteiger partial charge in [-0.2, -0.15) is 4.31 Å². The molecule has 0 atom stereocenters. The van der Waals surface area contributed by atoms with Crippen LogP contribution in [-0.2, 0) is 16.6 Å². The topological polar surface area (TPSA) is 52.7 Å². The molecule has 7 heteroatoms. The third kappa shape index (κ3) is 4.54. The lowest BCUT2D eigenvalue weighted by molar-refractivity contribution is 0.252. The smallest absolute Gasteiger partial charge is 0.215 e. The Hall–Kier alpha value is -0.470. The minimum Gasteiger partial charge on any atom is -0.314 e. The maximum absolute atomic E-state index is 12.2. The summed E-state index contributed by atoms with van der Waals surface area (Å²) in [7, 11) is -1.50. The second kappa shape index (κ2) is 6.81. The summed E-state index contributed by atoms with van der Waals surface area (Å²) in [5, 5.41) is 5.23. The number of hydrogen-bond acceptors (Lipinski definition) is 5. The highest BCUT2D eigenvalue weighted by Gasteiger charge is 2.20. The Balaban J connectivity index is 1.83. The SMILES string of the molecule is CN(Cc1cccs1)S(=O)(=O)CCN1CCNCC1. The van der Waals surface area contributed by atoms with Gasteiger partial charge in [-0.05, 0) is 11.4 Å². The fraction of sp³-hybridized carbons (Fsp3) is 0.667. The largest absolute Gasteiger partial charge is 0.314 e. The van der Waals surface area contributed by atoms with E-state index in [1.807, 2.05) is 17.5 Å². The third-order valence-corrected chi connectivity index (χ3v) is 5.95. The zero-order valence-corrected chi connectivity index (χ0v) is 12.8. The van der Waals surface area contributed by atoms with E-state index < -0.39 is 10.0 Å². The first-order chi connectivity index (χ1) is 9.08. The molecule has 1 aromatic rings. The molecule has 0 bridgehead atoms. The molecule has 0 aliphatic carbocycles. The Kier molecular flexibility index (Phi) is 5.35. The predicted octanol–water partition coefficient (Wildman–Crippen LogP) is 0.415. The molecule has 1 fully saturated rings. The van der Waals surface area contributed by atoms with Gasteiger partial charge < -0.3 is 5.32 Å². The highest BCUT2D eigenvalue weighted by molar-refractivity contribution is 7.89. The normalized spacial score (nSPS) is 18.0. The Labute approximate surface area is 119 Å². The predicted molar refractivity (Wildman–Crippen MR) is 78.9 cm³/mol. The molecule has 1 aliphatic heterocycles.